The molecular weight excluding hydrogens is 401 g/mol. The molecule has 5 rings (SSSR count). The summed E-state index contributed by atoms with van der Waals surface area (Å²) in [7, 11) is 0. The van der Waals surface area contributed by atoms with E-state index in [-0.39, 0.29) is 28.7 Å². The van der Waals surface area contributed by atoms with Crippen molar-refractivity contribution in [2.45, 2.75) is 32.7 Å². The maximum Gasteiger partial charge on any atom is 0.251 e. The molecule has 0 spiro atoms. The minimum atomic E-state index is -0.329. The number of aromatic nitrogens is 4. The van der Waals surface area contributed by atoms with Crippen molar-refractivity contribution >= 4 is 16.9 Å². The Bertz CT molecular complexity index is 1310. The molecule has 1 aliphatic carbocycles. The van der Waals surface area contributed by atoms with Crippen molar-refractivity contribution in [1.82, 2.24) is 20.3 Å². The van der Waals surface area contributed by atoms with E-state index in [4.69, 9.17) is 0 Å². The van der Waals surface area contributed by atoms with Gasteiger partial charge in [-0.1, -0.05) is 19.9 Å². The lowest BCUT2D eigenvalue weighted by Gasteiger charge is -2.36. The first-order valence-electron chi connectivity index (χ1n) is 9.94. The zero-order chi connectivity index (χ0) is 21.8. The van der Waals surface area contributed by atoms with Crippen LogP contribution in [0.3, 0.4) is 0 Å². The molecule has 0 saturated heterocycles. The molecule has 0 bridgehead atoms. The maximum atomic E-state index is 13.8. The van der Waals surface area contributed by atoms with Crippen molar-refractivity contribution in [1.29, 1.82) is 0 Å². The fourth-order valence-corrected chi connectivity index (χ4v) is 4.26. The van der Waals surface area contributed by atoms with Crippen molar-refractivity contribution in [3.63, 3.8) is 0 Å². The van der Waals surface area contributed by atoms with Gasteiger partial charge in [-0.3, -0.25) is 9.42 Å². The quantitative estimate of drug-likeness (QED) is 0.512. The van der Waals surface area contributed by atoms with Crippen molar-refractivity contribution in [3.8, 4) is 5.69 Å². The summed E-state index contributed by atoms with van der Waals surface area (Å²) in [4.78, 5) is 13.3. The van der Waals surface area contributed by atoms with Gasteiger partial charge in [-0.2, -0.15) is 5.10 Å². The molecule has 1 unspecified atom stereocenters. The Morgan fingerprint density at radius 1 is 1.32 bits per heavy atom. The Labute approximate surface area is 176 Å². The molecule has 1 aliphatic rings. The minimum Gasteiger partial charge on any atom is -0.359 e. The topological polar surface area (TPSA) is 99.9 Å². The summed E-state index contributed by atoms with van der Waals surface area (Å²) in [5.74, 6) is -0.612. The number of rotatable bonds is 3. The first-order chi connectivity index (χ1) is 14.8. The predicted molar refractivity (Wildman–Crippen MR) is 109 cm³/mol. The van der Waals surface area contributed by atoms with Gasteiger partial charge in [-0.25, -0.2) is 9.07 Å². The molecule has 0 saturated carbocycles. The Balaban J connectivity index is 1.48. The van der Waals surface area contributed by atoms with Crippen molar-refractivity contribution < 1.29 is 18.7 Å². The summed E-state index contributed by atoms with van der Waals surface area (Å²) in [5.41, 5.74) is 3.36. The van der Waals surface area contributed by atoms with E-state index in [1.54, 1.807) is 29.1 Å². The Morgan fingerprint density at radius 3 is 2.97 bits per heavy atom. The number of carbonyl (C=O) groups excluding carboxylic acids is 1. The number of nitrogens with one attached hydrogen (secondary N) is 1. The van der Waals surface area contributed by atoms with Crippen LogP contribution in [0.5, 0.6) is 0 Å². The molecule has 1 N–H and O–H groups in total. The second-order valence-corrected chi connectivity index (χ2v) is 8.64. The summed E-state index contributed by atoms with van der Waals surface area (Å²) in [6.45, 7) is 4.26. The van der Waals surface area contributed by atoms with Crippen LogP contribution < -0.4 is 10.2 Å². The molecule has 1 amide bonds. The van der Waals surface area contributed by atoms with Crippen LogP contribution in [0.1, 0.15) is 47.9 Å². The van der Waals surface area contributed by atoms with E-state index in [0.29, 0.717) is 21.7 Å². The van der Waals surface area contributed by atoms with Gasteiger partial charge in [-0.15, -0.1) is 0 Å². The van der Waals surface area contributed by atoms with Crippen LogP contribution in [0.15, 0.2) is 53.3 Å². The van der Waals surface area contributed by atoms with E-state index in [2.05, 4.69) is 34.0 Å². The number of halogens is 1. The van der Waals surface area contributed by atoms with Crippen LogP contribution in [0, 0.1) is 16.4 Å². The summed E-state index contributed by atoms with van der Waals surface area (Å²) < 4.78 is 20.1. The average Bonchev–Trinajstić information content (AvgIpc) is 3.30. The summed E-state index contributed by atoms with van der Waals surface area (Å²) in [6.07, 6.45) is 3.22. The van der Waals surface area contributed by atoms with Crippen molar-refractivity contribution in [2.75, 3.05) is 0 Å². The lowest BCUT2D eigenvalue weighted by molar-refractivity contribution is -0.782. The summed E-state index contributed by atoms with van der Waals surface area (Å²) >= 11 is 0. The number of nitrogens with zero attached hydrogens (tertiary/aromatic N) is 4. The minimum absolute atomic E-state index is 0.0970. The molecule has 0 radical (unpaired) electrons. The first-order valence-corrected chi connectivity index (χ1v) is 9.94. The van der Waals surface area contributed by atoms with Gasteiger partial charge in [0.15, 0.2) is 0 Å². The van der Waals surface area contributed by atoms with Crippen LogP contribution in [0.4, 0.5) is 4.39 Å². The van der Waals surface area contributed by atoms with Crippen LogP contribution in [0.25, 0.3) is 16.7 Å². The highest BCUT2D eigenvalue weighted by molar-refractivity contribution is 5.97. The number of hydrogen-bond donors (Lipinski definition) is 1. The maximum absolute atomic E-state index is 13.8. The molecule has 9 heteroatoms. The normalized spacial score (nSPS) is 17.5. The molecule has 0 aliphatic heterocycles. The van der Waals surface area contributed by atoms with E-state index in [0.717, 1.165) is 24.1 Å². The lowest BCUT2D eigenvalue weighted by atomic mass is 9.74. The van der Waals surface area contributed by atoms with Gasteiger partial charge in [-0.05, 0) is 53.5 Å². The Morgan fingerprint density at radius 2 is 2.16 bits per heavy atom. The Hall–Kier alpha value is -3.75. The van der Waals surface area contributed by atoms with Crippen molar-refractivity contribution in [3.05, 3.63) is 76.5 Å². The predicted octanol–water partition coefficient (Wildman–Crippen LogP) is 3.23. The van der Waals surface area contributed by atoms with Gasteiger partial charge in [0.1, 0.15) is 5.82 Å². The van der Waals surface area contributed by atoms with Gasteiger partial charge >= 0.3 is 0 Å². The fourth-order valence-electron chi connectivity index (χ4n) is 4.26. The monoisotopic (exact) mass is 421 g/mol. The summed E-state index contributed by atoms with van der Waals surface area (Å²) in [5, 5.41) is 22.7. The molecule has 2 aromatic carbocycles. The second-order valence-electron chi connectivity index (χ2n) is 8.64. The molecule has 2 heterocycles. The van der Waals surface area contributed by atoms with Gasteiger partial charge in [0, 0.05) is 22.3 Å². The largest absolute Gasteiger partial charge is 0.359 e. The number of carbonyl (C=O) groups is 1. The number of benzene rings is 2. The zero-order valence-corrected chi connectivity index (χ0v) is 17.0. The molecule has 31 heavy (non-hydrogen) atoms. The van der Waals surface area contributed by atoms with E-state index < -0.39 is 0 Å². The fraction of sp³-hybridized carbons (Fsp3) is 0.273. The highest BCUT2D eigenvalue weighted by Crippen LogP contribution is 2.41. The van der Waals surface area contributed by atoms with Gasteiger partial charge in [0.2, 0.25) is 11.0 Å². The first kappa shape index (κ1) is 19.2. The third kappa shape index (κ3) is 3.41. The van der Waals surface area contributed by atoms with E-state index in [1.807, 2.05) is 0 Å². The number of fused-ring (bicyclic) bond motifs is 2. The Kier molecular flexibility index (Phi) is 4.28. The van der Waals surface area contributed by atoms with Gasteiger partial charge in [0.25, 0.3) is 5.91 Å². The smallest absolute Gasteiger partial charge is 0.251 e. The van der Waals surface area contributed by atoms with Crippen LogP contribution in [0.2, 0.25) is 0 Å². The number of hydrogen-bond acceptors (Lipinski definition) is 5. The van der Waals surface area contributed by atoms with Crippen LogP contribution >= 0.6 is 0 Å². The second kappa shape index (κ2) is 6.90. The highest BCUT2D eigenvalue weighted by Gasteiger charge is 2.36. The molecule has 8 nitrogen and oxygen atoms in total. The molecular formula is C22H20FN5O3. The van der Waals surface area contributed by atoms with E-state index in [9.17, 15) is 14.4 Å². The summed E-state index contributed by atoms with van der Waals surface area (Å²) in [6, 6.07) is 10.6. The van der Waals surface area contributed by atoms with Crippen LogP contribution in [-0.2, 0) is 6.42 Å². The number of amides is 1. The average molecular weight is 421 g/mol. The standard InChI is InChI=1S/C22H20FN5O3/c1-22(2)10-18(25-21(29)13-6-7-19-17(8-13)26-31-28(19)30)16-12-24-27(20(16)11-22)15-5-3-4-14(23)9-15/h3-9,12,18H,10-11H2,1-2H3,(H,25,29). The lowest BCUT2D eigenvalue weighted by Crippen LogP contribution is -2.36. The van der Waals surface area contributed by atoms with E-state index >= 15 is 0 Å². The molecule has 1 atom stereocenters. The van der Waals surface area contributed by atoms with Crippen LogP contribution in [-0.4, -0.2) is 20.8 Å². The van der Waals surface area contributed by atoms with Gasteiger partial charge in [0.05, 0.1) is 23.6 Å². The van der Waals surface area contributed by atoms with E-state index in [1.165, 1.54) is 24.3 Å². The highest BCUT2D eigenvalue weighted by atomic mass is 19.1. The van der Waals surface area contributed by atoms with Crippen molar-refractivity contribution in [2.24, 2.45) is 5.41 Å². The molecule has 4 aromatic rings. The third-order valence-corrected chi connectivity index (χ3v) is 5.69. The molecule has 0 fully saturated rings. The SMILES string of the molecule is CC1(C)Cc2c(cnn2-c2cccc(F)c2)C(NC(=O)c2ccc3c(c2)no[n+]3[O-])C1. The van der Waals surface area contributed by atoms with Gasteiger partial charge < -0.3 is 10.5 Å². The third-order valence-electron chi connectivity index (χ3n) is 5.69. The molecule has 158 valence electrons. The molecule has 2 aromatic heterocycles. The zero-order valence-electron chi connectivity index (χ0n) is 17.0.